The quantitative estimate of drug-likeness (QED) is 0.703. The van der Waals surface area contributed by atoms with E-state index in [4.69, 9.17) is 0 Å². The van der Waals surface area contributed by atoms with Gasteiger partial charge >= 0.3 is 0 Å². The molecule has 0 radical (unpaired) electrons. The molecule has 0 saturated carbocycles. The van der Waals surface area contributed by atoms with Crippen molar-refractivity contribution in [2.45, 2.75) is 39.7 Å². The smallest absolute Gasteiger partial charge is 0.246 e. The van der Waals surface area contributed by atoms with Crippen LogP contribution in [0.5, 0.6) is 0 Å². The second kappa shape index (κ2) is 4.31. The highest BCUT2D eigenvalue weighted by Gasteiger charge is 2.35. The van der Waals surface area contributed by atoms with Gasteiger partial charge in [0.2, 0.25) is 11.8 Å². The summed E-state index contributed by atoms with van der Waals surface area (Å²) in [5, 5.41) is 3.14. The van der Waals surface area contributed by atoms with Gasteiger partial charge in [0, 0.05) is 7.05 Å². The average molecular weight is 212 g/mol. The summed E-state index contributed by atoms with van der Waals surface area (Å²) in [6, 6.07) is -0.301. The number of amides is 2. The van der Waals surface area contributed by atoms with Gasteiger partial charge in [0.25, 0.3) is 0 Å². The molecule has 0 aliphatic carbocycles. The van der Waals surface area contributed by atoms with E-state index in [1.54, 1.807) is 0 Å². The molecule has 0 aromatic carbocycles. The summed E-state index contributed by atoms with van der Waals surface area (Å²) in [4.78, 5) is 23.9. The van der Waals surface area contributed by atoms with E-state index in [0.717, 1.165) is 13.0 Å². The second-order valence-electron chi connectivity index (χ2n) is 5.31. The van der Waals surface area contributed by atoms with Crippen LogP contribution in [-0.2, 0) is 9.59 Å². The van der Waals surface area contributed by atoms with Crippen molar-refractivity contribution >= 4 is 11.8 Å². The minimum Gasteiger partial charge on any atom is -0.305 e. The standard InChI is InChI=1S/C11H20N2O2/c1-11(2,3)5-6-12-8-7-9(14)13(4)10(8)15/h8,12H,5-7H2,1-4H3. The van der Waals surface area contributed by atoms with Crippen molar-refractivity contribution in [3.8, 4) is 0 Å². The Morgan fingerprint density at radius 2 is 2.00 bits per heavy atom. The molecule has 1 saturated heterocycles. The van der Waals surface area contributed by atoms with Crippen LogP contribution in [0.4, 0.5) is 0 Å². The van der Waals surface area contributed by atoms with Crippen molar-refractivity contribution in [3.63, 3.8) is 0 Å². The zero-order chi connectivity index (χ0) is 11.6. The van der Waals surface area contributed by atoms with Crippen LogP contribution in [0, 0.1) is 5.41 Å². The molecule has 1 heterocycles. The molecule has 86 valence electrons. The van der Waals surface area contributed by atoms with E-state index in [1.807, 2.05) is 0 Å². The number of likely N-dealkylation sites (N-methyl/N-ethyl adjacent to an activating group) is 1. The van der Waals surface area contributed by atoms with Gasteiger partial charge in [-0.05, 0) is 18.4 Å². The van der Waals surface area contributed by atoms with E-state index in [1.165, 1.54) is 11.9 Å². The fourth-order valence-corrected chi connectivity index (χ4v) is 1.54. The molecular weight excluding hydrogens is 192 g/mol. The first-order chi connectivity index (χ1) is 6.81. The normalized spacial score (nSPS) is 22.7. The van der Waals surface area contributed by atoms with Crippen LogP contribution in [0.1, 0.15) is 33.6 Å². The molecule has 0 aromatic rings. The summed E-state index contributed by atoms with van der Waals surface area (Å²) in [7, 11) is 1.54. The number of hydrogen-bond acceptors (Lipinski definition) is 3. The predicted molar refractivity (Wildman–Crippen MR) is 58.3 cm³/mol. The van der Waals surface area contributed by atoms with Crippen LogP contribution < -0.4 is 5.32 Å². The third kappa shape index (κ3) is 3.30. The Labute approximate surface area is 91.0 Å². The van der Waals surface area contributed by atoms with Gasteiger partial charge in [-0.25, -0.2) is 0 Å². The van der Waals surface area contributed by atoms with Crippen LogP contribution in [0.25, 0.3) is 0 Å². The molecule has 1 fully saturated rings. The number of nitrogens with one attached hydrogen (secondary N) is 1. The highest BCUT2D eigenvalue weighted by atomic mass is 16.2. The summed E-state index contributed by atoms with van der Waals surface area (Å²) >= 11 is 0. The Balaban J connectivity index is 2.35. The van der Waals surface area contributed by atoms with Crippen molar-refractivity contribution in [1.82, 2.24) is 10.2 Å². The lowest BCUT2D eigenvalue weighted by molar-refractivity contribution is -0.137. The largest absolute Gasteiger partial charge is 0.305 e. The molecule has 2 amide bonds. The number of rotatable bonds is 3. The molecule has 15 heavy (non-hydrogen) atoms. The SMILES string of the molecule is CN1C(=O)CC(NCCC(C)(C)C)C1=O. The molecule has 0 aromatic heterocycles. The molecule has 0 spiro atoms. The van der Waals surface area contributed by atoms with Crippen LogP contribution >= 0.6 is 0 Å². The predicted octanol–water partition coefficient (Wildman–Crippen LogP) is 0.769. The van der Waals surface area contributed by atoms with Crippen LogP contribution in [0.2, 0.25) is 0 Å². The van der Waals surface area contributed by atoms with Crippen molar-refractivity contribution in [1.29, 1.82) is 0 Å². The number of hydrogen-bond donors (Lipinski definition) is 1. The highest BCUT2D eigenvalue weighted by molar-refractivity contribution is 6.05. The van der Waals surface area contributed by atoms with Crippen LogP contribution in [-0.4, -0.2) is 36.3 Å². The summed E-state index contributed by atoms with van der Waals surface area (Å²) in [5.74, 6) is -0.192. The average Bonchev–Trinajstić information content (AvgIpc) is 2.32. The van der Waals surface area contributed by atoms with Crippen molar-refractivity contribution in [2.75, 3.05) is 13.6 Å². The summed E-state index contributed by atoms with van der Waals surface area (Å²) in [6.07, 6.45) is 1.30. The molecule has 1 atom stereocenters. The summed E-state index contributed by atoms with van der Waals surface area (Å²) in [6.45, 7) is 7.24. The topological polar surface area (TPSA) is 49.4 Å². The maximum atomic E-state index is 11.5. The van der Waals surface area contributed by atoms with E-state index < -0.39 is 0 Å². The first kappa shape index (κ1) is 12.2. The van der Waals surface area contributed by atoms with Gasteiger partial charge in [-0.1, -0.05) is 20.8 Å². The zero-order valence-corrected chi connectivity index (χ0v) is 9.96. The molecule has 1 rings (SSSR count). The second-order valence-corrected chi connectivity index (χ2v) is 5.31. The third-order valence-corrected chi connectivity index (χ3v) is 2.65. The van der Waals surface area contributed by atoms with Crippen molar-refractivity contribution in [2.24, 2.45) is 5.41 Å². The van der Waals surface area contributed by atoms with Gasteiger partial charge < -0.3 is 5.32 Å². The highest BCUT2D eigenvalue weighted by Crippen LogP contribution is 2.18. The maximum Gasteiger partial charge on any atom is 0.246 e. The van der Waals surface area contributed by atoms with Gasteiger partial charge in [-0.3, -0.25) is 14.5 Å². The lowest BCUT2D eigenvalue weighted by Gasteiger charge is -2.19. The first-order valence-electron chi connectivity index (χ1n) is 5.35. The lowest BCUT2D eigenvalue weighted by Crippen LogP contribution is -2.38. The Hall–Kier alpha value is -0.900. The Morgan fingerprint density at radius 1 is 1.40 bits per heavy atom. The number of nitrogens with zero attached hydrogens (tertiary/aromatic N) is 1. The minimum atomic E-state index is -0.301. The molecular formula is C11H20N2O2. The Morgan fingerprint density at radius 3 is 2.40 bits per heavy atom. The van der Waals surface area contributed by atoms with E-state index in [-0.39, 0.29) is 23.3 Å². The fraction of sp³-hybridized carbons (Fsp3) is 0.818. The summed E-state index contributed by atoms with van der Waals surface area (Å²) < 4.78 is 0. The third-order valence-electron chi connectivity index (χ3n) is 2.65. The lowest BCUT2D eigenvalue weighted by atomic mass is 9.92. The van der Waals surface area contributed by atoms with Crippen molar-refractivity contribution < 1.29 is 9.59 Å². The Bertz CT molecular complexity index is 268. The number of carbonyl (C=O) groups is 2. The zero-order valence-electron chi connectivity index (χ0n) is 9.96. The number of likely N-dealkylation sites (tertiary alicyclic amines) is 1. The first-order valence-corrected chi connectivity index (χ1v) is 5.35. The molecule has 4 nitrogen and oxygen atoms in total. The molecule has 1 unspecified atom stereocenters. The van der Waals surface area contributed by atoms with E-state index >= 15 is 0 Å². The maximum absolute atomic E-state index is 11.5. The fourth-order valence-electron chi connectivity index (χ4n) is 1.54. The van der Waals surface area contributed by atoms with E-state index in [0.29, 0.717) is 6.42 Å². The molecule has 1 aliphatic rings. The van der Waals surface area contributed by atoms with Gasteiger partial charge in [-0.15, -0.1) is 0 Å². The van der Waals surface area contributed by atoms with Crippen LogP contribution in [0.15, 0.2) is 0 Å². The van der Waals surface area contributed by atoms with Gasteiger partial charge in [0.05, 0.1) is 12.5 Å². The van der Waals surface area contributed by atoms with Gasteiger partial charge in [0.1, 0.15) is 0 Å². The number of carbonyl (C=O) groups excluding carboxylic acids is 2. The molecule has 0 bridgehead atoms. The molecule has 1 aliphatic heterocycles. The van der Waals surface area contributed by atoms with Gasteiger partial charge in [-0.2, -0.15) is 0 Å². The van der Waals surface area contributed by atoms with E-state index in [9.17, 15) is 9.59 Å². The molecule has 4 heteroatoms. The van der Waals surface area contributed by atoms with Crippen molar-refractivity contribution in [3.05, 3.63) is 0 Å². The van der Waals surface area contributed by atoms with E-state index in [2.05, 4.69) is 26.1 Å². The number of imide groups is 1. The van der Waals surface area contributed by atoms with Crippen LogP contribution in [0.3, 0.4) is 0 Å². The summed E-state index contributed by atoms with van der Waals surface area (Å²) in [5.41, 5.74) is 0.255. The van der Waals surface area contributed by atoms with Gasteiger partial charge in [0.15, 0.2) is 0 Å². The monoisotopic (exact) mass is 212 g/mol. The molecule has 1 N–H and O–H groups in total. The minimum absolute atomic E-state index is 0.0896. The Kier molecular flexibility index (Phi) is 3.50.